The van der Waals surface area contributed by atoms with Crippen molar-refractivity contribution in [2.24, 2.45) is 0 Å². The second kappa shape index (κ2) is 3.53. The van der Waals surface area contributed by atoms with Crippen LogP contribution in [0.1, 0.15) is 19.5 Å². The van der Waals surface area contributed by atoms with Gasteiger partial charge in [-0.05, 0) is 18.4 Å². The van der Waals surface area contributed by atoms with Gasteiger partial charge in [0.2, 0.25) is 0 Å². The Morgan fingerprint density at radius 3 is 2.82 bits per heavy atom. The molecule has 0 aromatic carbocycles. The molecule has 2 nitrogen and oxygen atoms in total. The smallest absolute Gasteiger partial charge is 0.177 e. The van der Waals surface area contributed by atoms with Crippen LogP contribution in [0.25, 0.3) is 10.3 Å². The molecule has 2 heterocycles. The standard InChI is InChI=1S/C6H5NOS.C2H6/c1-4-6-5(8-7-4)2-3-9-6;1-2/h2-3H,1H3;1-2H3. The van der Waals surface area contributed by atoms with Gasteiger partial charge in [-0.1, -0.05) is 19.0 Å². The van der Waals surface area contributed by atoms with E-state index < -0.39 is 0 Å². The highest BCUT2D eigenvalue weighted by molar-refractivity contribution is 7.17. The van der Waals surface area contributed by atoms with Crippen LogP contribution >= 0.6 is 11.3 Å². The van der Waals surface area contributed by atoms with Gasteiger partial charge >= 0.3 is 0 Å². The summed E-state index contributed by atoms with van der Waals surface area (Å²) in [6.07, 6.45) is 0. The predicted octanol–water partition coefficient (Wildman–Crippen LogP) is 3.22. The molecule has 0 bridgehead atoms. The van der Waals surface area contributed by atoms with Gasteiger partial charge in [-0.25, -0.2) is 0 Å². The van der Waals surface area contributed by atoms with E-state index in [0.29, 0.717) is 0 Å². The van der Waals surface area contributed by atoms with Crippen LogP contribution in [0.2, 0.25) is 0 Å². The summed E-state index contributed by atoms with van der Waals surface area (Å²) in [6, 6.07) is 1.93. The first-order chi connectivity index (χ1) is 5.38. The van der Waals surface area contributed by atoms with Crippen molar-refractivity contribution >= 4 is 21.6 Å². The number of fused-ring (bicyclic) bond motifs is 1. The summed E-state index contributed by atoms with van der Waals surface area (Å²) < 4.78 is 6.11. The fourth-order valence-corrected chi connectivity index (χ4v) is 1.55. The van der Waals surface area contributed by atoms with Crippen molar-refractivity contribution in [2.75, 3.05) is 0 Å². The van der Waals surface area contributed by atoms with Crippen LogP contribution in [0.4, 0.5) is 0 Å². The molecule has 0 amide bonds. The van der Waals surface area contributed by atoms with Gasteiger partial charge in [0.15, 0.2) is 5.58 Å². The van der Waals surface area contributed by atoms with E-state index in [1.54, 1.807) is 11.3 Å². The Hall–Kier alpha value is -0.830. The Bertz CT molecular complexity index is 323. The lowest BCUT2D eigenvalue weighted by atomic mass is 10.4. The third kappa shape index (κ3) is 1.43. The molecule has 0 saturated carbocycles. The summed E-state index contributed by atoms with van der Waals surface area (Å²) in [6.45, 7) is 5.95. The molecular weight excluding hydrogens is 158 g/mol. The monoisotopic (exact) mass is 169 g/mol. The van der Waals surface area contributed by atoms with E-state index in [1.165, 1.54) is 0 Å². The lowest BCUT2D eigenvalue weighted by Gasteiger charge is -1.69. The molecular formula is C8H11NOS. The van der Waals surface area contributed by atoms with E-state index in [9.17, 15) is 0 Å². The third-order valence-corrected chi connectivity index (χ3v) is 2.24. The molecule has 0 unspecified atom stereocenters. The maximum Gasteiger partial charge on any atom is 0.177 e. The number of rotatable bonds is 0. The predicted molar refractivity (Wildman–Crippen MR) is 48.0 cm³/mol. The minimum Gasteiger partial charge on any atom is -0.355 e. The zero-order valence-electron chi connectivity index (χ0n) is 6.92. The lowest BCUT2D eigenvalue weighted by molar-refractivity contribution is 0.450. The molecule has 0 spiro atoms. The van der Waals surface area contributed by atoms with Crippen LogP contribution in [0, 0.1) is 6.92 Å². The quantitative estimate of drug-likeness (QED) is 0.605. The Balaban J connectivity index is 0.000000281. The van der Waals surface area contributed by atoms with Gasteiger partial charge < -0.3 is 4.52 Å². The van der Waals surface area contributed by atoms with Crippen molar-refractivity contribution in [2.45, 2.75) is 20.8 Å². The van der Waals surface area contributed by atoms with Gasteiger partial charge in [-0.15, -0.1) is 11.3 Å². The molecule has 0 aliphatic rings. The second-order valence-electron chi connectivity index (χ2n) is 1.88. The molecule has 11 heavy (non-hydrogen) atoms. The molecule has 0 N–H and O–H groups in total. The molecule has 0 aliphatic carbocycles. The topological polar surface area (TPSA) is 26.0 Å². The molecule has 2 aromatic heterocycles. The largest absolute Gasteiger partial charge is 0.355 e. The average Bonchev–Trinajstić information content (AvgIpc) is 2.60. The van der Waals surface area contributed by atoms with Gasteiger partial charge in [0.25, 0.3) is 0 Å². The zero-order valence-corrected chi connectivity index (χ0v) is 7.73. The second-order valence-corrected chi connectivity index (χ2v) is 2.80. The Labute approximate surface area is 69.8 Å². The first-order valence-corrected chi connectivity index (χ1v) is 4.55. The number of aryl methyl sites for hydroxylation is 1. The van der Waals surface area contributed by atoms with Crippen molar-refractivity contribution in [3.63, 3.8) is 0 Å². The highest BCUT2D eigenvalue weighted by Gasteiger charge is 2.02. The van der Waals surface area contributed by atoms with Crippen LogP contribution in [-0.4, -0.2) is 5.16 Å². The Morgan fingerprint density at radius 1 is 1.45 bits per heavy atom. The number of thiophene rings is 1. The normalized spacial score (nSPS) is 9.36. The van der Waals surface area contributed by atoms with E-state index in [1.807, 2.05) is 32.2 Å². The van der Waals surface area contributed by atoms with Crippen molar-refractivity contribution in [1.82, 2.24) is 5.16 Å². The van der Waals surface area contributed by atoms with Crippen molar-refractivity contribution in [3.8, 4) is 0 Å². The van der Waals surface area contributed by atoms with Crippen LogP contribution in [0.15, 0.2) is 16.0 Å². The highest BCUT2D eigenvalue weighted by Crippen LogP contribution is 2.22. The maximum atomic E-state index is 4.95. The number of hydrogen-bond acceptors (Lipinski definition) is 3. The fourth-order valence-electron chi connectivity index (χ4n) is 0.792. The van der Waals surface area contributed by atoms with Gasteiger partial charge in [0.05, 0.1) is 10.4 Å². The van der Waals surface area contributed by atoms with E-state index in [2.05, 4.69) is 5.16 Å². The summed E-state index contributed by atoms with van der Waals surface area (Å²) in [4.78, 5) is 0. The van der Waals surface area contributed by atoms with Gasteiger partial charge in [0.1, 0.15) is 0 Å². The van der Waals surface area contributed by atoms with E-state index in [4.69, 9.17) is 4.52 Å². The Kier molecular flexibility index (Phi) is 2.65. The molecule has 0 atom stereocenters. The Morgan fingerprint density at radius 2 is 2.18 bits per heavy atom. The molecule has 0 saturated heterocycles. The summed E-state index contributed by atoms with van der Waals surface area (Å²) in [5.41, 5.74) is 1.89. The lowest BCUT2D eigenvalue weighted by Crippen LogP contribution is -1.62. The first kappa shape index (κ1) is 8.27. The van der Waals surface area contributed by atoms with Crippen LogP contribution in [0.3, 0.4) is 0 Å². The van der Waals surface area contributed by atoms with Gasteiger partial charge in [0, 0.05) is 0 Å². The van der Waals surface area contributed by atoms with Gasteiger partial charge in [-0.3, -0.25) is 0 Å². The van der Waals surface area contributed by atoms with Gasteiger partial charge in [-0.2, -0.15) is 0 Å². The molecule has 3 heteroatoms. The minimum absolute atomic E-state index is 0.900. The molecule has 0 aliphatic heterocycles. The van der Waals surface area contributed by atoms with Crippen LogP contribution < -0.4 is 0 Å². The first-order valence-electron chi connectivity index (χ1n) is 3.67. The van der Waals surface area contributed by atoms with Crippen LogP contribution in [-0.2, 0) is 0 Å². The third-order valence-electron chi connectivity index (χ3n) is 1.24. The summed E-state index contributed by atoms with van der Waals surface area (Å²) in [7, 11) is 0. The van der Waals surface area contributed by atoms with Crippen molar-refractivity contribution in [3.05, 3.63) is 17.1 Å². The maximum absolute atomic E-state index is 4.95. The van der Waals surface area contributed by atoms with Crippen molar-refractivity contribution < 1.29 is 4.52 Å². The average molecular weight is 169 g/mol. The molecule has 2 aromatic rings. The molecule has 2 rings (SSSR count). The fraction of sp³-hybridized carbons (Fsp3) is 0.375. The zero-order chi connectivity index (χ0) is 8.27. The molecule has 60 valence electrons. The number of aromatic nitrogens is 1. The minimum atomic E-state index is 0.900. The SMILES string of the molecule is CC.Cc1noc2ccsc12. The van der Waals surface area contributed by atoms with E-state index >= 15 is 0 Å². The number of nitrogens with zero attached hydrogens (tertiary/aromatic N) is 1. The van der Waals surface area contributed by atoms with Crippen molar-refractivity contribution in [1.29, 1.82) is 0 Å². The van der Waals surface area contributed by atoms with E-state index in [-0.39, 0.29) is 0 Å². The highest BCUT2D eigenvalue weighted by atomic mass is 32.1. The number of hydrogen-bond donors (Lipinski definition) is 0. The summed E-state index contributed by atoms with van der Waals surface area (Å²) >= 11 is 1.66. The summed E-state index contributed by atoms with van der Waals surface area (Å²) in [5, 5.41) is 5.79. The molecule has 0 radical (unpaired) electrons. The summed E-state index contributed by atoms with van der Waals surface area (Å²) in [5.74, 6) is 0. The molecule has 0 fully saturated rings. The van der Waals surface area contributed by atoms with Crippen LogP contribution in [0.5, 0.6) is 0 Å². The van der Waals surface area contributed by atoms with E-state index in [0.717, 1.165) is 16.0 Å².